The van der Waals surface area contributed by atoms with Gasteiger partial charge in [-0.05, 0) is 96.1 Å². The molecule has 3 aliphatic heterocycles. The van der Waals surface area contributed by atoms with Crippen LogP contribution in [0.2, 0.25) is 0 Å². The lowest BCUT2D eigenvalue weighted by atomic mass is 9.56. The van der Waals surface area contributed by atoms with Gasteiger partial charge in [0.15, 0.2) is 0 Å². The van der Waals surface area contributed by atoms with Gasteiger partial charge in [-0.1, -0.05) is 141 Å². The van der Waals surface area contributed by atoms with Crippen LogP contribution in [0.15, 0.2) is 194 Å². The molecule has 8 aromatic rings. The molecule has 306 valence electrons. The van der Waals surface area contributed by atoms with Crippen LogP contribution in [-0.2, 0) is 5.41 Å². The van der Waals surface area contributed by atoms with E-state index >= 15 is 0 Å². The third-order valence-electron chi connectivity index (χ3n) is 12.5. The monoisotopic (exact) mass is 817 g/mol. The molecule has 11 rings (SSSR count). The second kappa shape index (κ2) is 15.1. The molecule has 0 spiro atoms. The summed E-state index contributed by atoms with van der Waals surface area (Å²) in [4.78, 5) is 12.2. The summed E-state index contributed by atoms with van der Waals surface area (Å²) >= 11 is 0. The van der Waals surface area contributed by atoms with Gasteiger partial charge in [0.2, 0.25) is 0 Å². The molecule has 0 unspecified atom stereocenters. The zero-order valence-corrected chi connectivity index (χ0v) is 36.3. The first kappa shape index (κ1) is 38.4. The second-order valence-electron chi connectivity index (χ2n) is 18.0. The van der Waals surface area contributed by atoms with Crippen molar-refractivity contribution < 1.29 is 4.74 Å². The molecular formula is C56H48BN5O. The molecule has 3 aliphatic rings. The number of nitrogens with zero attached hydrogens (tertiary/aromatic N) is 5. The van der Waals surface area contributed by atoms with E-state index in [2.05, 4.69) is 230 Å². The normalized spacial score (nSPS) is 14.8. The molecule has 6 aromatic carbocycles. The minimum atomic E-state index is -0.00822. The van der Waals surface area contributed by atoms with E-state index in [0.717, 1.165) is 56.6 Å². The maximum absolute atomic E-state index is 6.79. The minimum absolute atomic E-state index is 0.00822. The lowest BCUT2D eigenvalue weighted by Gasteiger charge is -2.40. The quantitative estimate of drug-likeness (QED) is 0.150. The highest BCUT2D eigenvalue weighted by Gasteiger charge is 2.37. The Balaban J connectivity index is 0.976. The summed E-state index contributed by atoms with van der Waals surface area (Å²) in [5.41, 5.74) is 14.0. The Hall–Kier alpha value is -7.51. The number of fused-ring (bicyclic) bond motifs is 5. The first-order chi connectivity index (χ1) is 30.7. The number of hydrogen-bond donors (Lipinski definition) is 0. The molecule has 0 amide bonds. The summed E-state index contributed by atoms with van der Waals surface area (Å²) < 4.78 is 9.05. The van der Waals surface area contributed by atoms with E-state index in [4.69, 9.17) is 9.72 Å². The molecule has 0 saturated heterocycles. The third-order valence-corrected chi connectivity index (χ3v) is 12.5. The minimum Gasteiger partial charge on any atom is -0.457 e. The van der Waals surface area contributed by atoms with Crippen LogP contribution in [0.25, 0.3) is 38.8 Å². The molecule has 5 heterocycles. The smallest absolute Gasteiger partial charge is 0.314 e. The lowest BCUT2D eigenvalue weighted by Crippen LogP contribution is -2.44. The number of aromatic nitrogens is 2. The van der Waals surface area contributed by atoms with E-state index in [0.29, 0.717) is 6.67 Å². The van der Waals surface area contributed by atoms with Gasteiger partial charge in [0, 0.05) is 46.6 Å². The molecule has 2 aromatic heterocycles. The van der Waals surface area contributed by atoms with Crippen LogP contribution in [-0.4, -0.2) is 27.9 Å². The Kier molecular flexibility index (Phi) is 9.23. The summed E-state index contributed by atoms with van der Waals surface area (Å²) in [5.74, 6) is 8.22. The van der Waals surface area contributed by atoms with E-state index in [1.165, 1.54) is 44.3 Å². The number of anilines is 3. The molecule has 0 bridgehead atoms. The van der Waals surface area contributed by atoms with Crippen LogP contribution < -0.4 is 14.5 Å². The maximum Gasteiger partial charge on any atom is 0.314 e. The van der Waals surface area contributed by atoms with Crippen LogP contribution in [0.3, 0.4) is 0 Å². The van der Waals surface area contributed by atoms with E-state index in [1.807, 2.05) is 12.3 Å². The van der Waals surface area contributed by atoms with Crippen molar-refractivity contribution in [2.24, 2.45) is 0 Å². The third kappa shape index (κ3) is 6.90. The molecule has 7 heteroatoms. The Labute approximate surface area is 370 Å². The SMILES string of the molecule is Cc1cc(C)cc(C2=C(N3CN(c4cccc(Oc5ccc6c7ccccc7n(-c7cc(C(C)(C)C)ccn7)c6c5)c4)c4ccccc43)N3C=C(c4ccccc4)C=CB3C=C2)c1. The fourth-order valence-corrected chi connectivity index (χ4v) is 9.52. The molecule has 0 radical (unpaired) electrons. The van der Waals surface area contributed by atoms with Crippen LogP contribution >= 0.6 is 0 Å². The van der Waals surface area contributed by atoms with Crippen molar-refractivity contribution in [3.63, 3.8) is 0 Å². The number of allylic oxidation sites excluding steroid dienone is 4. The van der Waals surface area contributed by atoms with Crippen molar-refractivity contribution in [2.45, 2.75) is 40.0 Å². The maximum atomic E-state index is 6.79. The molecule has 63 heavy (non-hydrogen) atoms. The van der Waals surface area contributed by atoms with Crippen molar-refractivity contribution in [1.82, 2.24) is 14.4 Å². The Morgan fingerprint density at radius 3 is 2.13 bits per heavy atom. The number of rotatable bonds is 7. The van der Waals surface area contributed by atoms with Gasteiger partial charge in [0.05, 0.1) is 22.4 Å². The van der Waals surface area contributed by atoms with Crippen molar-refractivity contribution in [3.05, 3.63) is 222 Å². The van der Waals surface area contributed by atoms with Crippen molar-refractivity contribution >= 4 is 56.9 Å². The Morgan fingerprint density at radius 1 is 0.603 bits per heavy atom. The number of aryl methyl sites for hydroxylation is 2. The molecule has 0 N–H and O–H groups in total. The van der Waals surface area contributed by atoms with Crippen LogP contribution in [0.5, 0.6) is 11.5 Å². The number of para-hydroxylation sites is 3. The fraction of sp³-hybridized carbons (Fsp3) is 0.125. The molecule has 0 fully saturated rings. The van der Waals surface area contributed by atoms with Gasteiger partial charge < -0.3 is 19.3 Å². The van der Waals surface area contributed by atoms with Gasteiger partial charge in [-0.3, -0.25) is 4.57 Å². The van der Waals surface area contributed by atoms with Crippen molar-refractivity contribution in [2.75, 3.05) is 16.5 Å². The van der Waals surface area contributed by atoms with Gasteiger partial charge in [-0.25, -0.2) is 4.98 Å². The fourth-order valence-electron chi connectivity index (χ4n) is 9.52. The van der Waals surface area contributed by atoms with E-state index in [9.17, 15) is 0 Å². The van der Waals surface area contributed by atoms with E-state index in [-0.39, 0.29) is 12.3 Å². The predicted octanol–water partition coefficient (Wildman–Crippen LogP) is 13.7. The zero-order valence-electron chi connectivity index (χ0n) is 36.3. The average molecular weight is 818 g/mol. The highest BCUT2D eigenvalue weighted by Crippen LogP contribution is 2.47. The van der Waals surface area contributed by atoms with Gasteiger partial charge >= 0.3 is 6.85 Å². The molecule has 0 atom stereocenters. The summed E-state index contributed by atoms with van der Waals surface area (Å²) in [7, 11) is 0. The highest BCUT2D eigenvalue weighted by molar-refractivity contribution is 6.68. The summed E-state index contributed by atoms with van der Waals surface area (Å²) in [6, 6.07) is 54.1. The van der Waals surface area contributed by atoms with Crippen molar-refractivity contribution in [1.29, 1.82) is 0 Å². The van der Waals surface area contributed by atoms with Gasteiger partial charge in [0.1, 0.15) is 29.8 Å². The van der Waals surface area contributed by atoms with E-state index < -0.39 is 0 Å². The van der Waals surface area contributed by atoms with Gasteiger partial charge in [0.25, 0.3) is 0 Å². The van der Waals surface area contributed by atoms with Crippen molar-refractivity contribution in [3.8, 4) is 17.3 Å². The van der Waals surface area contributed by atoms with Gasteiger partial charge in [-0.2, -0.15) is 0 Å². The highest BCUT2D eigenvalue weighted by atomic mass is 16.5. The summed E-state index contributed by atoms with van der Waals surface area (Å²) in [6.07, 6.45) is 8.83. The number of pyridine rings is 1. The summed E-state index contributed by atoms with van der Waals surface area (Å²) in [5, 5.41) is 2.34. The van der Waals surface area contributed by atoms with Gasteiger partial charge in [-0.15, -0.1) is 0 Å². The Morgan fingerprint density at radius 2 is 1.32 bits per heavy atom. The van der Waals surface area contributed by atoms with Crippen LogP contribution in [0, 0.1) is 13.8 Å². The predicted molar refractivity (Wildman–Crippen MR) is 263 cm³/mol. The van der Waals surface area contributed by atoms with E-state index in [1.54, 1.807) is 0 Å². The average Bonchev–Trinajstić information content (AvgIpc) is 3.84. The summed E-state index contributed by atoms with van der Waals surface area (Å²) in [6.45, 7) is 11.8. The first-order valence-corrected chi connectivity index (χ1v) is 21.8. The molecular weight excluding hydrogens is 769 g/mol. The second-order valence-corrected chi connectivity index (χ2v) is 18.0. The Bertz CT molecular complexity index is 3200. The largest absolute Gasteiger partial charge is 0.457 e. The molecule has 6 nitrogen and oxygen atoms in total. The lowest BCUT2D eigenvalue weighted by molar-refractivity contribution is 0.483. The molecule has 0 aliphatic carbocycles. The topological polar surface area (TPSA) is 36.8 Å². The standard InChI is InChI=1S/C56H48BN5O/c1-38-30-39(2)32-42(31-38)47-25-28-57-27-24-41(40-14-7-6-8-15-40)36-61(57)55(47)60-37-59(51-20-11-12-21-52(51)60)44-16-13-17-45(34-44)63-46-22-23-49-48-18-9-10-19-50(48)62(53(49)35-46)54-33-43(26-29-58-54)56(3,4)5/h6-36H,37H2,1-5H3. The van der Waals surface area contributed by atoms with Crippen LogP contribution in [0.4, 0.5) is 17.1 Å². The first-order valence-electron chi connectivity index (χ1n) is 21.8. The zero-order chi connectivity index (χ0) is 42.8. The number of ether oxygens (including phenoxy) is 1. The van der Waals surface area contributed by atoms with Crippen LogP contribution in [0.1, 0.15) is 48.6 Å². The molecule has 0 saturated carbocycles. The number of hydrogen-bond acceptors (Lipinski definition) is 5. The number of benzene rings is 6.